The minimum atomic E-state index is -4.81. The van der Waals surface area contributed by atoms with Crippen LogP contribution in [-0.4, -0.2) is 43.5 Å². The lowest BCUT2D eigenvalue weighted by Gasteiger charge is -2.14. The molecule has 12 nitrogen and oxygen atoms in total. The van der Waals surface area contributed by atoms with Crippen molar-refractivity contribution in [3.63, 3.8) is 0 Å². The Morgan fingerprint density at radius 2 is 1.24 bits per heavy atom. The van der Waals surface area contributed by atoms with E-state index in [1.807, 2.05) is 0 Å². The van der Waals surface area contributed by atoms with Crippen LogP contribution in [-0.2, 0) is 25.0 Å². The van der Waals surface area contributed by atoms with Crippen LogP contribution in [0.5, 0.6) is 28.7 Å². The number of hydrogen-bond donors (Lipinski definition) is 3. The molecule has 0 fully saturated rings. The van der Waals surface area contributed by atoms with Gasteiger partial charge in [-0.15, -0.1) is 0 Å². The van der Waals surface area contributed by atoms with Crippen molar-refractivity contribution in [3.8, 4) is 28.7 Å². The van der Waals surface area contributed by atoms with Crippen molar-refractivity contribution < 1.29 is 54.8 Å². The number of carboxylic acids is 1. The largest absolute Gasteiger partial charge is 0.478 e. The highest BCUT2D eigenvalue weighted by molar-refractivity contribution is 7.86. The van der Waals surface area contributed by atoms with Crippen molar-refractivity contribution in [1.29, 1.82) is 0 Å². The Balaban J connectivity index is 2.08. The van der Waals surface area contributed by atoms with E-state index < -0.39 is 47.5 Å². The molecule has 0 unspecified atom stereocenters. The molecule has 34 heavy (non-hydrogen) atoms. The number of aromatic carboxylic acids is 1. The maximum atomic E-state index is 11.8. The maximum absolute atomic E-state index is 11.8. The van der Waals surface area contributed by atoms with E-state index in [4.69, 9.17) is 14.6 Å². The molecule has 0 aliphatic carbocycles. The Hall–Kier alpha value is -3.98. The molecule has 0 bridgehead atoms. The van der Waals surface area contributed by atoms with E-state index in [9.17, 15) is 35.5 Å². The summed E-state index contributed by atoms with van der Waals surface area (Å²) in [5, 5.41) is 9.11. The Bertz CT molecular complexity index is 1480. The van der Waals surface area contributed by atoms with Crippen molar-refractivity contribution in [1.82, 2.24) is 0 Å². The molecule has 0 amide bonds. The van der Waals surface area contributed by atoms with Gasteiger partial charge in [-0.05, 0) is 42.5 Å². The minimum absolute atomic E-state index is 0.0737. The predicted octanol–water partition coefficient (Wildman–Crippen LogP) is 3.00. The molecule has 0 spiro atoms. The quantitative estimate of drug-likeness (QED) is 0.282. The van der Waals surface area contributed by atoms with Crippen LogP contribution in [0.1, 0.15) is 10.4 Å². The minimum Gasteiger partial charge on any atom is -0.478 e. The molecule has 0 heterocycles. The fraction of sp³-hybridized carbons (Fsp3) is 0. The monoisotopic (exact) mass is 510 g/mol. The van der Waals surface area contributed by atoms with Gasteiger partial charge in [0.1, 0.15) is 27.0 Å². The van der Waals surface area contributed by atoms with Crippen LogP contribution in [0, 0.1) is 0 Å². The molecule has 0 aliphatic heterocycles. The smallest absolute Gasteiger partial charge is 0.335 e. The zero-order valence-corrected chi connectivity index (χ0v) is 18.3. The molecule has 0 saturated heterocycles. The normalized spacial score (nSPS) is 11.5. The first-order chi connectivity index (χ1) is 15.9. The van der Waals surface area contributed by atoms with Gasteiger partial charge in [0, 0.05) is 12.1 Å². The fourth-order valence-corrected chi connectivity index (χ4v) is 3.89. The highest BCUT2D eigenvalue weighted by Crippen LogP contribution is 2.37. The molecule has 3 N–H and O–H groups in total. The molecule has 0 aromatic heterocycles. The maximum Gasteiger partial charge on any atom is 0.335 e. The molecule has 0 aliphatic rings. The van der Waals surface area contributed by atoms with Gasteiger partial charge in [0.2, 0.25) is 0 Å². The number of carboxylic acid groups (broad SMARTS) is 1. The van der Waals surface area contributed by atoms with Gasteiger partial charge >= 0.3 is 5.97 Å². The second kappa shape index (κ2) is 9.48. The average molecular weight is 510 g/mol. The Morgan fingerprint density at radius 1 is 0.735 bits per heavy atom. The first-order valence-electron chi connectivity index (χ1n) is 8.91. The topological polar surface area (TPSA) is 191 Å². The van der Waals surface area contributed by atoms with Gasteiger partial charge < -0.3 is 19.3 Å². The number of carbonyl (C=O) groups excluding carboxylic acids is 1. The summed E-state index contributed by atoms with van der Waals surface area (Å²) >= 11 is 0. The zero-order chi connectivity index (χ0) is 25.1. The number of rotatable bonds is 9. The van der Waals surface area contributed by atoms with E-state index in [1.54, 1.807) is 0 Å². The molecule has 14 heteroatoms. The van der Waals surface area contributed by atoms with Crippen molar-refractivity contribution in [2.24, 2.45) is 0 Å². The first kappa shape index (κ1) is 24.7. The number of carbonyl (C=O) groups is 2. The third-order valence-corrected chi connectivity index (χ3v) is 5.89. The fourth-order valence-electron chi connectivity index (χ4n) is 2.70. The SMILES string of the molecule is O=COc1ccc(S(=O)(=O)O)c(Oc2ccc(S(=O)(=O)O)c(Oc3cccc(C(=O)O)c3)c2)c1. The summed E-state index contributed by atoms with van der Waals surface area (Å²) in [5.74, 6) is -2.69. The van der Waals surface area contributed by atoms with Crippen molar-refractivity contribution in [3.05, 3.63) is 66.2 Å². The summed E-state index contributed by atoms with van der Waals surface area (Å²) in [4.78, 5) is 20.3. The second-order valence-corrected chi connectivity index (χ2v) is 9.20. The lowest BCUT2D eigenvalue weighted by molar-refractivity contribution is -0.120. The molecule has 3 aromatic rings. The lowest BCUT2D eigenvalue weighted by atomic mass is 10.2. The van der Waals surface area contributed by atoms with Crippen LogP contribution in [0.25, 0.3) is 0 Å². The Morgan fingerprint density at radius 3 is 1.74 bits per heavy atom. The number of hydrogen-bond acceptors (Lipinski definition) is 9. The van der Waals surface area contributed by atoms with Gasteiger partial charge in [-0.2, -0.15) is 16.8 Å². The van der Waals surface area contributed by atoms with Gasteiger partial charge in [0.15, 0.2) is 11.5 Å². The molecule has 0 atom stereocenters. The van der Waals surface area contributed by atoms with Crippen molar-refractivity contribution >= 4 is 32.7 Å². The van der Waals surface area contributed by atoms with Crippen LogP contribution in [0.15, 0.2) is 70.5 Å². The molecule has 3 aromatic carbocycles. The summed E-state index contributed by atoms with van der Waals surface area (Å²) in [6, 6.07) is 10.9. The van der Waals surface area contributed by atoms with Crippen LogP contribution in [0.2, 0.25) is 0 Å². The highest BCUT2D eigenvalue weighted by Gasteiger charge is 2.22. The predicted molar refractivity (Wildman–Crippen MR) is 113 cm³/mol. The molecule has 0 radical (unpaired) electrons. The highest BCUT2D eigenvalue weighted by atomic mass is 32.2. The Kier molecular flexibility index (Phi) is 6.88. The van der Waals surface area contributed by atoms with E-state index in [1.165, 1.54) is 18.2 Å². The summed E-state index contributed by atoms with van der Waals surface area (Å²) in [6.45, 7) is 0.0737. The van der Waals surface area contributed by atoms with E-state index in [-0.39, 0.29) is 29.3 Å². The molecule has 0 saturated carbocycles. The number of benzene rings is 3. The molecular weight excluding hydrogens is 496 g/mol. The third-order valence-electron chi connectivity index (χ3n) is 4.11. The zero-order valence-electron chi connectivity index (χ0n) is 16.7. The molecular formula is C20H14O12S2. The van der Waals surface area contributed by atoms with Crippen LogP contribution in [0.4, 0.5) is 0 Å². The van der Waals surface area contributed by atoms with Gasteiger partial charge in [0.05, 0.1) is 5.56 Å². The van der Waals surface area contributed by atoms with E-state index >= 15 is 0 Å². The van der Waals surface area contributed by atoms with Crippen LogP contribution >= 0.6 is 0 Å². The Labute approximate surface area is 192 Å². The summed E-state index contributed by atoms with van der Waals surface area (Å²) < 4.78 is 81.4. The standard InChI is InChI=1S/C20H14O12S2/c21-11-30-13-4-6-18(33(24,25)26)16(9-13)32-15-5-7-19(34(27,28)29)17(10-15)31-14-3-1-2-12(8-14)20(22)23/h1-11H,(H,22,23)(H,24,25,26)(H,27,28,29). The number of ether oxygens (including phenoxy) is 3. The van der Waals surface area contributed by atoms with E-state index in [2.05, 4.69) is 4.74 Å². The van der Waals surface area contributed by atoms with Gasteiger partial charge in [-0.25, -0.2) is 4.79 Å². The summed E-state index contributed by atoms with van der Waals surface area (Å²) in [5.41, 5.74) is -0.164. The summed E-state index contributed by atoms with van der Waals surface area (Å²) in [6.07, 6.45) is 0. The van der Waals surface area contributed by atoms with Gasteiger partial charge in [-0.3, -0.25) is 13.9 Å². The van der Waals surface area contributed by atoms with Crippen molar-refractivity contribution in [2.45, 2.75) is 9.79 Å². The van der Waals surface area contributed by atoms with Crippen LogP contribution in [0.3, 0.4) is 0 Å². The summed E-state index contributed by atoms with van der Waals surface area (Å²) in [7, 11) is -9.59. The van der Waals surface area contributed by atoms with E-state index in [0.29, 0.717) is 0 Å². The third kappa shape index (κ3) is 5.87. The average Bonchev–Trinajstić information content (AvgIpc) is 2.73. The van der Waals surface area contributed by atoms with Gasteiger partial charge in [0.25, 0.3) is 26.7 Å². The first-order valence-corrected chi connectivity index (χ1v) is 11.8. The molecule has 178 valence electrons. The molecule has 3 rings (SSSR count). The lowest BCUT2D eigenvalue weighted by Crippen LogP contribution is -2.04. The van der Waals surface area contributed by atoms with Crippen LogP contribution < -0.4 is 14.2 Å². The van der Waals surface area contributed by atoms with E-state index in [0.717, 1.165) is 42.5 Å². The van der Waals surface area contributed by atoms with Gasteiger partial charge in [-0.1, -0.05) is 6.07 Å². The second-order valence-electron chi connectivity index (χ2n) is 6.42. The van der Waals surface area contributed by atoms with Crippen molar-refractivity contribution in [2.75, 3.05) is 0 Å².